The third-order valence-corrected chi connectivity index (χ3v) is 8.36. The zero-order valence-electron chi connectivity index (χ0n) is 21.8. The molecule has 0 aromatic heterocycles. The fourth-order valence-corrected chi connectivity index (χ4v) is 5.81. The molecule has 0 spiro atoms. The molecular weight excluding hydrogens is 489 g/mol. The van der Waals surface area contributed by atoms with Crippen LogP contribution in [0.1, 0.15) is 92.0 Å². The van der Waals surface area contributed by atoms with Crippen LogP contribution in [-0.4, -0.2) is 0 Å². The van der Waals surface area contributed by atoms with Gasteiger partial charge < -0.3 is 0 Å². The van der Waals surface area contributed by atoms with Crippen LogP contribution >= 0.6 is 11.6 Å². The third-order valence-electron chi connectivity index (χ3n) is 8.06. The van der Waals surface area contributed by atoms with Gasteiger partial charge in [-0.05, 0) is 123 Å². The first-order valence-electron chi connectivity index (χ1n) is 13.9. The quantitative estimate of drug-likeness (QED) is 0.218. The summed E-state index contributed by atoms with van der Waals surface area (Å²) in [6.07, 6.45) is 11.9. The molecule has 1 fully saturated rings. The SMILES string of the molecule is CCCCCc1ccc(C2CCC(CCc3cc(F)c(CCc4ccc(Cl)c(F)c4)c(F)c3)CC2)cc1. The molecule has 3 aromatic carbocycles. The van der Waals surface area contributed by atoms with Crippen molar-refractivity contribution < 1.29 is 13.2 Å². The molecular formula is C33H38ClF3. The molecule has 0 heterocycles. The van der Waals surface area contributed by atoms with Crippen molar-refractivity contribution in [1.82, 2.24) is 0 Å². The monoisotopic (exact) mass is 526 g/mol. The number of hydrogen-bond acceptors (Lipinski definition) is 0. The average Bonchev–Trinajstić information content (AvgIpc) is 2.90. The lowest BCUT2D eigenvalue weighted by Crippen LogP contribution is -2.14. The molecule has 1 saturated carbocycles. The summed E-state index contributed by atoms with van der Waals surface area (Å²) in [5.74, 6) is -0.294. The lowest BCUT2D eigenvalue weighted by atomic mass is 9.76. The summed E-state index contributed by atoms with van der Waals surface area (Å²) < 4.78 is 43.1. The van der Waals surface area contributed by atoms with E-state index in [0.29, 0.717) is 30.2 Å². The first-order chi connectivity index (χ1) is 17.9. The van der Waals surface area contributed by atoms with Gasteiger partial charge in [0.25, 0.3) is 0 Å². The number of hydrogen-bond donors (Lipinski definition) is 0. The minimum Gasteiger partial charge on any atom is -0.207 e. The smallest absolute Gasteiger partial charge is 0.142 e. The van der Waals surface area contributed by atoms with E-state index in [9.17, 15) is 13.2 Å². The molecule has 37 heavy (non-hydrogen) atoms. The molecule has 0 radical (unpaired) electrons. The van der Waals surface area contributed by atoms with Crippen LogP contribution in [0.4, 0.5) is 13.2 Å². The molecule has 0 nitrogen and oxygen atoms in total. The molecule has 1 aliphatic carbocycles. The molecule has 0 unspecified atom stereocenters. The molecule has 1 aliphatic rings. The normalized spacial score (nSPS) is 17.8. The van der Waals surface area contributed by atoms with Gasteiger partial charge in [-0.1, -0.05) is 61.7 Å². The highest BCUT2D eigenvalue weighted by Crippen LogP contribution is 2.37. The second-order valence-electron chi connectivity index (χ2n) is 10.7. The molecule has 0 atom stereocenters. The number of halogens is 4. The Labute approximate surface area is 225 Å². The zero-order chi connectivity index (χ0) is 26.2. The summed E-state index contributed by atoms with van der Waals surface area (Å²) in [4.78, 5) is 0. The highest BCUT2D eigenvalue weighted by molar-refractivity contribution is 6.30. The number of rotatable bonds is 11. The van der Waals surface area contributed by atoms with Gasteiger partial charge in [-0.3, -0.25) is 0 Å². The molecule has 3 aromatic rings. The lowest BCUT2D eigenvalue weighted by molar-refractivity contribution is 0.310. The minimum atomic E-state index is -0.514. The Balaban J connectivity index is 1.24. The van der Waals surface area contributed by atoms with Crippen molar-refractivity contribution in [3.05, 3.63) is 105 Å². The summed E-state index contributed by atoms with van der Waals surface area (Å²) in [7, 11) is 0. The van der Waals surface area contributed by atoms with Crippen LogP contribution in [0.3, 0.4) is 0 Å². The fourth-order valence-electron chi connectivity index (χ4n) is 5.69. The summed E-state index contributed by atoms with van der Waals surface area (Å²) in [5.41, 5.74) is 4.35. The first-order valence-corrected chi connectivity index (χ1v) is 14.3. The summed E-state index contributed by atoms with van der Waals surface area (Å²) >= 11 is 5.71. The Kier molecular flexibility index (Phi) is 10.1. The molecule has 4 heteroatoms. The lowest BCUT2D eigenvalue weighted by Gasteiger charge is -2.29. The van der Waals surface area contributed by atoms with Crippen LogP contribution in [0.15, 0.2) is 54.6 Å². The van der Waals surface area contributed by atoms with Gasteiger partial charge in [0, 0.05) is 5.56 Å². The van der Waals surface area contributed by atoms with Crippen molar-refractivity contribution in [2.24, 2.45) is 5.92 Å². The van der Waals surface area contributed by atoms with Gasteiger partial charge >= 0.3 is 0 Å². The number of benzene rings is 3. The van der Waals surface area contributed by atoms with Crippen LogP contribution in [0.25, 0.3) is 0 Å². The van der Waals surface area contributed by atoms with Crippen LogP contribution in [0, 0.1) is 23.4 Å². The maximum Gasteiger partial charge on any atom is 0.142 e. The summed E-state index contributed by atoms with van der Waals surface area (Å²) in [5, 5.41) is 0.0470. The van der Waals surface area contributed by atoms with E-state index in [0.717, 1.165) is 12.0 Å². The predicted molar refractivity (Wildman–Crippen MR) is 148 cm³/mol. The van der Waals surface area contributed by atoms with Gasteiger partial charge in [0.1, 0.15) is 17.5 Å². The van der Waals surface area contributed by atoms with Gasteiger partial charge in [0.2, 0.25) is 0 Å². The van der Waals surface area contributed by atoms with Gasteiger partial charge in [-0.25, -0.2) is 13.2 Å². The van der Waals surface area contributed by atoms with Crippen LogP contribution in [0.2, 0.25) is 5.02 Å². The van der Waals surface area contributed by atoms with Crippen molar-refractivity contribution in [3.63, 3.8) is 0 Å². The Bertz CT molecular complexity index is 1120. The van der Waals surface area contributed by atoms with Crippen LogP contribution in [-0.2, 0) is 25.7 Å². The van der Waals surface area contributed by atoms with E-state index < -0.39 is 17.5 Å². The Hall–Kier alpha value is -2.26. The van der Waals surface area contributed by atoms with Crippen molar-refractivity contribution in [2.75, 3.05) is 0 Å². The van der Waals surface area contributed by atoms with E-state index in [2.05, 4.69) is 31.2 Å². The highest BCUT2D eigenvalue weighted by Gasteiger charge is 2.22. The Morgan fingerprint density at radius 1 is 0.676 bits per heavy atom. The predicted octanol–water partition coefficient (Wildman–Crippen LogP) is 10.2. The van der Waals surface area contributed by atoms with Crippen molar-refractivity contribution in [2.45, 2.75) is 89.9 Å². The Morgan fingerprint density at radius 3 is 1.97 bits per heavy atom. The van der Waals surface area contributed by atoms with Crippen molar-refractivity contribution in [3.8, 4) is 0 Å². The maximum absolute atomic E-state index is 14.7. The largest absolute Gasteiger partial charge is 0.207 e. The molecule has 0 bridgehead atoms. The molecule has 198 valence electrons. The van der Waals surface area contributed by atoms with E-state index in [4.69, 9.17) is 11.6 Å². The van der Waals surface area contributed by atoms with Crippen molar-refractivity contribution in [1.29, 1.82) is 0 Å². The molecule has 0 saturated heterocycles. The summed E-state index contributed by atoms with van der Waals surface area (Å²) in [6, 6.07) is 16.7. The number of unbranched alkanes of at least 4 members (excludes halogenated alkanes) is 2. The van der Waals surface area contributed by atoms with Gasteiger partial charge in [-0.15, -0.1) is 0 Å². The van der Waals surface area contributed by atoms with Crippen LogP contribution < -0.4 is 0 Å². The van der Waals surface area contributed by atoms with Crippen molar-refractivity contribution >= 4 is 11.6 Å². The second kappa shape index (κ2) is 13.5. The molecule has 0 N–H and O–H groups in total. The second-order valence-corrected chi connectivity index (χ2v) is 11.1. The molecule has 4 rings (SSSR count). The number of aryl methyl sites for hydroxylation is 3. The molecule has 0 amide bonds. The zero-order valence-corrected chi connectivity index (χ0v) is 22.6. The van der Waals surface area contributed by atoms with Gasteiger partial charge in [-0.2, -0.15) is 0 Å². The van der Waals surface area contributed by atoms with E-state index in [1.54, 1.807) is 6.07 Å². The van der Waals surface area contributed by atoms with E-state index in [-0.39, 0.29) is 17.0 Å². The van der Waals surface area contributed by atoms with Gasteiger partial charge in [0.15, 0.2) is 0 Å². The van der Waals surface area contributed by atoms with E-state index in [1.165, 1.54) is 86.8 Å². The Morgan fingerprint density at radius 2 is 1.32 bits per heavy atom. The summed E-state index contributed by atoms with van der Waals surface area (Å²) in [6.45, 7) is 2.24. The average molecular weight is 527 g/mol. The van der Waals surface area contributed by atoms with Crippen LogP contribution in [0.5, 0.6) is 0 Å². The highest BCUT2D eigenvalue weighted by atomic mass is 35.5. The van der Waals surface area contributed by atoms with E-state index >= 15 is 0 Å². The topological polar surface area (TPSA) is 0 Å². The first kappa shape index (κ1) is 27.8. The maximum atomic E-state index is 14.7. The van der Waals surface area contributed by atoms with Gasteiger partial charge in [0.05, 0.1) is 5.02 Å². The fraction of sp³-hybridized carbons (Fsp3) is 0.455. The minimum absolute atomic E-state index is 0.0470. The third kappa shape index (κ3) is 7.87. The standard InChI is InChI=1S/C33H38ClF3/c1-2-3-4-5-23-8-14-27(15-9-23)28-16-10-24(11-17-28)6-7-26-21-31(35)29(32(36)22-26)18-12-25-13-19-30(34)33(37)20-25/h8-9,13-15,19-22,24,28H,2-7,10-12,16-18H2,1H3. The van der Waals surface area contributed by atoms with E-state index in [1.807, 2.05) is 0 Å². The molecule has 0 aliphatic heterocycles.